The number of rotatable bonds is 4. The van der Waals surface area contributed by atoms with Crippen LogP contribution in [0.1, 0.15) is 46.5 Å². The molecule has 2 heterocycles. The number of imidazole rings is 1. The highest BCUT2D eigenvalue weighted by molar-refractivity contribution is 6.05. The Bertz CT molecular complexity index is 1000. The minimum atomic E-state index is 0.0481. The SMILES string of the molecule is C=C[C@@H]1CN(Cc2ccccc2)C(=O)c2cccc3nc(C4CC4)n1c23. The van der Waals surface area contributed by atoms with Gasteiger partial charge in [-0.1, -0.05) is 42.5 Å². The maximum Gasteiger partial charge on any atom is 0.256 e. The molecule has 0 spiro atoms. The number of carbonyl (C=O) groups excluding carboxylic acids is 1. The van der Waals surface area contributed by atoms with Gasteiger partial charge in [0.05, 0.1) is 22.6 Å². The minimum Gasteiger partial charge on any atom is -0.332 e. The number of benzene rings is 2. The van der Waals surface area contributed by atoms with Crippen molar-refractivity contribution in [2.24, 2.45) is 0 Å². The molecule has 1 fully saturated rings. The van der Waals surface area contributed by atoms with Crippen LogP contribution in [0.4, 0.5) is 0 Å². The summed E-state index contributed by atoms with van der Waals surface area (Å²) in [4.78, 5) is 20.2. The first-order valence-electron chi connectivity index (χ1n) is 9.23. The zero-order chi connectivity index (χ0) is 17.7. The summed E-state index contributed by atoms with van der Waals surface area (Å²) in [5.74, 6) is 1.72. The van der Waals surface area contributed by atoms with E-state index in [9.17, 15) is 4.79 Å². The van der Waals surface area contributed by atoms with E-state index >= 15 is 0 Å². The molecular weight excluding hydrogens is 322 g/mol. The molecular formula is C22H21N3O. The molecule has 1 amide bonds. The van der Waals surface area contributed by atoms with Crippen molar-refractivity contribution in [3.8, 4) is 0 Å². The van der Waals surface area contributed by atoms with Gasteiger partial charge in [-0.25, -0.2) is 4.98 Å². The van der Waals surface area contributed by atoms with Crippen molar-refractivity contribution in [2.75, 3.05) is 6.54 Å². The molecule has 1 saturated carbocycles. The van der Waals surface area contributed by atoms with Crippen LogP contribution in [0, 0.1) is 0 Å². The molecule has 1 aliphatic carbocycles. The molecule has 2 aliphatic rings. The summed E-state index contributed by atoms with van der Waals surface area (Å²) in [6, 6.07) is 16.1. The highest BCUT2D eigenvalue weighted by atomic mass is 16.2. The van der Waals surface area contributed by atoms with Gasteiger partial charge in [0.1, 0.15) is 5.82 Å². The molecule has 1 aliphatic heterocycles. The molecule has 1 atom stereocenters. The van der Waals surface area contributed by atoms with E-state index in [1.807, 2.05) is 47.4 Å². The van der Waals surface area contributed by atoms with Crippen LogP contribution in [-0.4, -0.2) is 26.9 Å². The molecule has 4 heteroatoms. The summed E-state index contributed by atoms with van der Waals surface area (Å²) in [6.45, 7) is 5.30. The monoisotopic (exact) mass is 343 g/mol. The summed E-state index contributed by atoms with van der Waals surface area (Å²) in [7, 11) is 0. The van der Waals surface area contributed by atoms with Crippen molar-refractivity contribution >= 4 is 16.9 Å². The van der Waals surface area contributed by atoms with Crippen LogP contribution in [-0.2, 0) is 6.54 Å². The van der Waals surface area contributed by atoms with Crippen LogP contribution in [0.25, 0.3) is 11.0 Å². The van der Waals surface area contributed by atoms with Crippen molar-refractivity contribution in [3.05, 3.63) is 78.1 Å². The van der Waals surface area contributed by atoms with Crippen LogP contribution in [0.5, 0.6) is 0 Å². The lowest BCUT2D eigenvalue weighted by Crippen LogP contribution is -2.33. The highest BCUT2D eigenvalue weighted by Gasteiger charge is 2.35. The van der Waals surface area contributed by atoms with E-state index in [1.165, 1.54) is 12.8 Å². The van der Waals surface area contributed by atoms with Crippen LogP contribution in [0.15, 0.2) is 61.2 Å². The molecule has 0 N–H and O–H groups in total. The summed E-state index contributed by atoms with van der Waals surface area (Å²) in [6.07, 6.45) is 4.33. The maximum absolute atomic E-state index is 13.3. The van der Waals surface area contributed by atoms with Crippen LogP contribution in [0.2, 0.25) is 0 Å². The summed E-state index contributed by atoms with van der Waals surface area (Å²) < 4.78 is 2.28. The Kier molecular flexibility index (Phi) is 3.45. The smallest absolute Gasteiger partial charge is 0.256 e. The molecule has 3 aromatic rings. The van der Waals surface area contributed by atoms with Crippen molar-refractivity contribution in [3.63, 3.8) is 0 Å². The quantitative estimate of drug-likeness (QED) is 0.663. The molecule has 26 heavy (non-hydrogen) atoms. The molecule has 0 bridgehead atoms. The number of aromatic nitrogens is 2. The van der Waals surface area contributed by atoms with Crippen molar-refractivity contribution in [1.82, 2.24) is 14.5 Å². The molecule has 0 unspecified atom stereocenters. The number of carbonyl (C=O) groups is 1. The maximum atomic E-state index is 13.3. The van der Waals surface area contributed by atoms with E-state index in [-0.39, 0.29) is 11.9 Å². The third-order valence-corrected chi connectivity index (χ3v) is 5.42. The van der Waals surface area contributed by atoms with Gasteiger partial charge in [-0.3, -0.25) is 4.79 Å². The van der Waals surface area contributed by atoms with E-state index < -0.39 is 0 Å². The van der Waals surface area contributed by atoms with Gasteiger partial charge in [-0.05, 0) is 30.5 Å². The summed E-state index contributed by atoms with van der Waals surface area (Å²) >= 11 is 0. The van der Waals surface area contributed by atoms with Crippen LogP contribution in [0.3, 0.4) is 0 Å². The molecule has 0 radical (unpaired) electrons. The number of para-hydroxylation sites is 1. The normalized spacial score (nSPS) is 19.6. The molecule has 2 aromatic carbocycles. The summed E-state index contributed by atoms with van der Waals surface area (Å²) in [5, 5.41) is 0. The third-order valence-electron chi connectivity index (χ3n) is 5.42. The number of hydrogen-bond donors (Lipinski definition) is 0. The Morgan fingerprint density at radius 2 is 1.92 bits per heavy atom. The largest absolute Gasteiger partial charge is 0.332 e. The zero-order valence-electron chi connectivity index (χ0n) is 14.6. The Morgan fingerprint density at radius 3 is 2.65 bits per heavy atom. The van der Waals surface area contributed by atoms with Crippen LogP contribution < -0.4 is 0 Å². The molecule has 4 nitrogen and oxygen atoms in total. The zero-order valence-corrected chi connectivity index (χ0v) is 14.6. The Hall–Kier alpha value is -2.88. The first kappa shape index (κ1) is 15.4. The van der Waals surface area contributed by atoms with Gasteiger partial charge in [-0.2, -0.15) is 0 Å². The van der Waals surface area contributed by atoms with E-state index in [0.29, 0.717) is 19.0 Å². The van der Waals surface area contributed by atoms with Crippen LogP contribution >= 0.6 is 0 Å². The Labute approximate surface area is 152 Å². The average molecular weight is 343 g/mol. The summed E-state index contributed by atoms with van der Waals surface area (Å²) in [5.41, 5.74) is 3.79. The van der Waals surface area contributed by atoms with Gasteiger partial charge >= 0.3 is 0 Å². The fourth-order valence-corrected chi connectivity index (χ4v) is 3.99. The fraction of sp³-hybridized carbons (Fsp3) is 0.273. The lowest BCUT2D eigenvalue weighted by molar-refractivity contribution is 0.0737. The van der Waals surface area contributed by atoms with Gasteiger partial charge in [0.15, 0.2) is 0 Å². The Balaban J connectivity index is 1.65. The van der Waals surface area contributed by atoms with Gasteiger partial charge in [0.25, 0.3) is 5.91 Å². The topological polar surface area (TPSA) is 38.1 Å². The second-order valence-electron chi connectivity index (χ2n) is 7.26. The van der Waals surface area contributed by atoms with E-state index in [0.717, 1.165) is 28.0 Å². The fourth-order valence-electron chi connectivity index (χ4n) is 3.99. The van der Waals surface area contributed by atoms with E-state index in [4.69, 9.17) is 4.98 Å². The standard InChI is InChI=1S/C22H21N3O/c1-2-17-14-24(13-15-7-4-3-5-8-15)22(26)18-9-6-10-19-20(18)25(17)21(23-19)16-11-12-16/h2-10,16-17H,1,11-14H2/t17-/m1/s1. The predicted octanol–water partition coefficient (Wildman–Crippen LogP) is 4.30. The second kappa shape index (κ2) is 5.84. The predicted molar refractivity (Wildman–Crippen MR) is 102 cm³/mol. The number of nitrogens with zero attached hydrogens (tertiary/aromatic N) is 3. The Morgan fingerprint density at radius 1 is 1.12 bits per heavy atom. The van der Waals surface area contributed by atoms with Gasteiger partial charge in [0.2, 0.25) is 0 Å². The van der Waals surface area contributed by atoms with E-state index in [1.54, 1.807) is 0 Å². The van der Waals surface area contributed by atoms with Gasteiger partial charge in [-0.15, -0.1) is 6.58 Å². The first-order chi connectivity index (χ1) is 12.8. The lowest BCUT2D eigenvalue weighted by atomic mass is 10.1. The average Bonchev–Trinajstić information content (AvgIpc) is 3.46. The van der Waals surface area contributed by atoms with Crippen molar-refractivity contribution in [1.29, 1.82) is 0 Å². The number of amides is 1. The molecule has 1 aromatic heterocycles. The van der Waals surface area contributed by atoms with Crippen molar-refractivity contribution < 1.29 is 4.79 Å². The minimum absolute atomic E-state index is 0.0481. The first-order valence-corrected chi connectivity index (χ1v) is 9.23. The molecule has 0 saturated heterocycles. The van der Waals surface area contributed by atoms with Crippen molar-refractivity contribution in [2.45, 2.75) is 31.3 Å². The third kappa shape index (κ3) is 2.37. The molecule has 130 valence electrons. The molecule has 5 rings (SSSR count). The number of hydrogen-bond acceptors (Lipinski definition) is 2. The van der Waals surface area contributed by atoms with Gasteiger partial charge in [0, 0.05) is 19.0 Å². The lowest BCUT2D eigenvalue weighted by Gasteiger charge is -2.25. The highest BCUT2D eigenvalue weighted by Crippen LogP contribution is 2.43. The van der Waals surface area contributed by atoms with E-state index in [2.05, 4.69) is 23.3 Å². The second-order valence-corrected chi connectivity index (χ2v) is 7.26. The van der Waals surface area contributed by atoms with Gasteiger partial charge < -0.3 is 9.47 Å².